The summed E-state index contributed by atoms with van der Waals surface area (Å²) in [6, 6.07) is 11.0. The van der Waals surface area contributed by atoms with Gasteiger partial charge in [0.1, 0.15) is 5.82 Å². The van der Waals surface area contributed by atoms with E-state index in [0.29, 0.717) is 24.8 Å². The van der Waals surface area contributed by atoms with Gasteiger partial charge in [0.05, 0.1) is 6.61 Å². The largest absolute Gasteiger partial charge is 0.383 e. The number of nitrogens with zero attached hydrogens (tertiary/aromatic N) is 2. The van der Waals surface area contributed by atoms with Gasteiger partial charge < -0.3 is 15.0 Å². The molecule has 0 bridgehead atoms. The second-order valence-electron chi connectivity index (χ2n) is 10.2. The summed E-state index contributed by atoms with van der Waals surface area (Å²) in [4.78, 5) is 30.3. The van der Waals surface area contributed by atoms with E-state index in [1.165, 1.54) is 25.3 Å². The molecule has 1 N–H and O–H groups in total. The van der Waals surface area contributed by atoms with Crippen molar-refractivity contribution in [3.05, 3.63) is 58.9 Å². The van der Waals surface area contributed by atoms with Crippen molar-refractivity contribution in [3.63, 3.8) is 0 Å². The number of amides is 2. The van der Waals surface area contributed by atoms with Gasteiger partial charge in [0.2, 0.25) is 0 Å². The van der Waals surface area contributed by atoms with Gasteiger partial charge >= 0.3 is 0 Å². The Morgan fingerprint density at radius 1 is 1.11 bits per heavy atom. The number of hydrogen-bond donors (Lipinski definition) is 1. The number of rotatable bonds is 7. The molecule has 2 atom stereocenters. The zero-order chi connectivity index (χ0) is 24.5. The number of fused-ring (bicyclic) bond motifs is 1. The molecule has 2 amide bonds. The predicted octanol–water partition coefficient (Wildman–Crippen LogP) is 3.88. The van der Waals surface area contributed by atoms with Crippen LogP contribution in [0.4, 0.5) is 4.39 Å². The number of benzene rings is 2. The minimum Gasteiger partial charge on any atom is -0.383 e. The van der Waals surface area contributed by atoms with Crippen LogP contribution in [0.5, 0.6) is 0 Å². The molecule has 0 aromatic heterocycles. The van der Waals surface area contributed by atoms with Crippen LogP contribution in [0.25, 0.3) is 11.1 Å². The maximum absolute atomic E-state index is 15.0. The Kier molecular flexibility index (Phi) is 6.89. The molecule has 6 nitrogen and oxygen atoms in total. The second kappa shape index (κ2) is 10.1. The van der Waals surface area contributed by atoms with Crippen molar-refractivity contribution >= 4 is 11.8 Å². The molecule has 2 heterocycles. The number of methoxy groups -OCH3 is 1. The van der Waals surface area contributed by atoms with Gasteiger partial charge in [-0.15, -0.1) is 0 Å². The Bertz CT molecular complexity index is 1120. The third-order valence-corrected chi connectivity index (χ3v) is 7.78. The molecule has 186 valence electrons. The molecule has 0 spiro atoms. The number of likely N-dealkylation sites (tertiary alicyclic amines) is 1. The standard InChI is InChI=1S/C28H34FN3O3/c1-18(17-35-2)30-27(33)21-7-8-24(26(29)15-21)19-6-9-25-20(14-19)10-13-32(28(25)34)23-11-12-31(16-23)22-4-3-5-22/h6-9,14-15,18,22-23H,3-5,10-13,16-17H2,1-2H3,(H,30,33). The fraction of sp³-hybridized carbons (Fsp3) is 0.500. The molecular weight excluding hydrogens is 445 g/mol. The lowest BCUT2D eigenvalue weighted by Gasteiger charge is -2.37. The highest BCUT2D eigenvalue weighted by molar-refractivity contribution is 5.98. The van der Waals surface area contributed by atoms with E-state index >= 15 is 4.39 Å². The average molecular weight is 480 g/mol. The van der Waals surface area contributed by atoms with E-state index in [-0.39, 0.29) is 23.4 Å². The molecule has 3 aliphatic rings. The molecule has 2 fully saturated rings. The first-order valence-corrected chi connectivity index (χ1v) is 12.7. The molecule has 1 saturated carbocycles. The first-order chi connectivity index (χ1) is 16.9. The highest BCUT2D eigenvalue weighted by atomic mass is 19.1. The molecular formula is C28H34FN3O3. The highest BCUT2D eigenvalue weighted by Gasteiger charge is 2.37. The molecule has 0 radical (unpaired) electrons. The fourth-order valence-electron chi connectivity index (χ4n) is 5.62. The van der Waals surface area contributed by atoms with Crippen LogP contribution in [0, 0.1) is 5.82 Å². The van der Waals surface area contributed by atoms with Crippen molar-refractivity contribution in [3.8, 4) is 11.1 Å². The average Bonchev–Trinajstić information content (AvgIpc) is 3.27. The lowest BCUT2D eigenvalue weighted by atomic mass is 9.91. The number of carbonyl (C=O) groups excluding carboxylic acids is 2. The summed E-state index contributed by atoms with van der Waals surface area (Å²) < 4.78 is 20.0. The second-order valence-corrected chi connectivity index (χ2v) is 10.2. The SMILES string of the molecule is COCC(C)NC(=O)c1ccc(-c2ccc3c(c2)CCN(C2CCN(C4CCC4)C2)C3=O)c(F)c1. The van der Waals surface area contributed by atoms with Crippen LogP contribution in [0.3, 0.4) is 0 Å². The zero-order valence-electron chi connectivity index (χ0n) is 20.6. The van der Waals surface area contributed by atoms with Crippen LogP contribution in [-0.4, -0.2) is 73.1 Å². The molecule has 2 aliphatic heterocycles. The van der Waals surface area contributed by atoms with Crippen molar-refractivity contribution in [1.82, 2.24) is 15.1 Å². The molecule has 1 saturated heterocycles. The molecule has 7 heteroatoms. The number of carbonyl (C=O) groups is 2. The van der Waals surface area contributed by atoms with E-state index in [1.54, 1.807) is 19.2 Å². The van der Waals surface area contributed by atoms with E-state index in [0.717, 1.165) is 48.7 Å². The Labute approximate surface area is 206 Å². The zero-order valence-corrected chi connectivity index (χ0v) is 20.6. The first kappa shape index (κ1) is 23.9. The smallest absolute Gasteiger partial charge is 0.254 e. The van der Waals surface area contributed by atoms with Crippen LogP contribution in [-0.2, 0) is 11.2 Å². The Morgan fingerprint density at radius 2 is 1.91 bits per heavy atom. The van der Waals surface area contributed by atoms with E-state index in [9.17, 15) is 9.59 Å². The van der Waals surface area contributed by atoms with Crippen molar-refractivity contribution in [1.29, 1.82) is 0 Å². The van der Waals surface area contributed by atoms with Gasteiger partial charge in [-0.1, -0.05) is 24.6 Å². The highest BCUT2D eigenvalue weighted by Crippen LogP contribution is 2.33. The monoisotopic (exact) mass is 479 g/mol. The van der Waals surface area contributed by atoms with E-state index in [1.807, 2.05) is 25.1 Å². The van der Waals surface area contributed by atoms with Crippen molar-refractivity contribution < 1.29 is 18.7 Å². The van der Waals surface area contributed by atoms with Gasteiger partial charge in [0, 0.05) is 61.6 Å². The summed E-state index contributed by atoms with van der Waals surface area (Å²) >= 11 is 0. The van der Waals surface area contributed by atoms with Crippen LogP contribution in [0.1, 0.15) is 58.9 Å². The summed E-state index contributed by atoms with van der Waals surface area (Å²) in [5.41, 5.74) is 3.11. The third-order valence-electron chi connectivity index (χ3n) is 7.78. The fourth-order valence-corrected chi connectivity index (χ4v) is 5.62. The minimum absolute atomic E-state index is 0.0935. The molecule has 2 aromatic carbocycles. The third kappa shape index (κ3) is 4.84. The quantitative estimate of drug-likeness (QED) is 0.655. The number of hydrogen-bond acceptors (Lipinski definition) is 4. The van der Waals surface area contributed by atoms with Crippen LogP contribution < -0.4 is 5.32 Å². The predicted molar refractivity (Wildman–Crippen MR) is 133 cm³/mol. The van der Waals surface area contributed by atoms with Gasteiger partial charge in [-0.25, -0.2) is 4.39 Å². The maximum Gasteiger partial charge on any atom is 0.254 e. The van der Waals surface area contributed by atoms with Crippen molar-refractivity contribution in [2.24, 2.45) is 0 Å². The summed E-state index contributed by atoms with van der Waals surface area (Å²) in [6.45, 7) is 5.00. The molecule has 2 aromatic rings. The van der Waals surface area contributed by atoms with Gasteiger partial charge in [-0.3, -0.25) is 14.5 Å². The Balaban J connectivity index is 1.29. The van der Waals surface area contributed by atoms with Crippen LogP contribution in [0.2, 0.25) is 0 Å². The number of nitrogens with one attached hydrogen (secondary N) is 1. The molecule has 35 heavy (non-hydrogen) atoms. The van der Waals surface area contributed by atoms with E-state index in [4.69, 9.17) is 4.74 Å². The van der Waals surface area contributed by atoms with Crippen molar-refractivity contribution in [2.75, 3.05) is 33.4 Å². The van der Waals surface area contributed by atoms with Gasteiger partial charge in [-0.05, 0) is 61.9 Å². The summed E-state index contributed by atoms with van der Waals surface area (Å²) in [5.74, 6) is -0.697. The lowest BCUT2D eigenvalue weighted by molar-refractivity contribution is 0.0646. The normalized spacial score (nSPS) is 21.5. The Hall–Kier alpha value is -2.77. The van der Waals surface area contributed by atoms with E-state index < -0.39 is 5.82 Å². The summed E-state index contributed by atoms with van der Waals surface area (Å²) in [7, 11) is 1.57. The first-order valence-electron chi connectivity index (χ1n) is 12.7. The lowest BCUT2D eigenvalue weighted by Crippen LogP contribution is -2.47. The minimum atomic E-state index is -0.456. The maximum atomic E-state index is 15.0. The summed E-state index contributed by atoms with van der Waals surface area (Å²) in [5, 5.41) is 2.80. The molecule has 1 aliphatic carbocycles. The van der Waals surface area contributed by atoms with Gasteiger partial charge in [0.15, 0.2) is 0 Å². The van der Waals surface area contributed by atoms with Gasteiger partial charge in [-0.2, -0.15) is 0 Å². The number of ether oxygens (including phenoxy) is 1. The molecule has 5 rings (SSSR count). The topological polar surface area (TPSA) is 61.9 Å². The Morgan fingerprint density at radius 3 is 2.63 bits per heavy atom. The van der Waals surface area contributed by atoms with E-state index in [2.05, 4.69) is 15.1 Å². The van der Waals surface area contributed by atoms with Crippen LogP contribution in [0.15, 0.2) is 36.4 Å². The van der Waals surface area contributed by atoms with Crippen molar-refractivity contribution in [2.45, 2.75) is 57.2 Å². The summed E-state index contributed by atoms with van der Waals surface area (Å²) in [6.07, 6.45) is 5.73. The number of halogens is 1. The van der Waals surface area contributed by atoms with Gasteiger partial charge in [0.25, 0.3) is 11.8 Å². The van der Waals surface area contributed by atoms with Crippen LogP contribution >= 0.6 is 0 Å². The molecule has 2 unspecified atom stereocenters.